The minimum Gasteiger partial charge on any atom is -0.344 e. The van der Waals surface area contributed by atoms with Crippen LogP contribution in [-0.4, -0.2) is 57.3 Å². The second kappa shape index (κ2) is 9.73. The van der Waals surface area contributed by atoms with Crippen LogP contribution in [0.2, 0.25) is 0 Å². The lowest BCUT2D eigenvalue weighted by molar-refractivity contribution is 0.0929. The van der Waals surface area contributed by atoms with Crippen LogP contribution in [0.5, 0.6) is 0 Å². The number of carbonyl (C=O) groups excluding carboxylic acids is 1. The van der Waals surface area contributed by atoms with Crippen LogP contribution in [0.25, 0.3) is 0 Å². The van der Waals surface area contributed by atoms with E-state index in [0.29, 0.717) is 30.8 Å². The van der Waals surface area contributed by atoms with Crippen LogP contribution >= 0.6 is 0 Å². The predicted molar refractivity (Wildman–Crippen MR) is 119 cm³/mol. The third kappa shape index (κ3) is 5.28. The van der Waals surface area contributed by atoms with Gasteiger partial charge in [0, 0.05) is 25.2 Å². The molecule has 2 aromatic rings. The van der Waals surface area contributed by atoms with E-state index in [2.05, 4.69) is 5.32 Å². The Kier molecular flexibility index (Phi) is 7.28. The van der Waals surface area contributed by atoms with Crippen molar-refractivity contribution in [2.45, 2.75) is 37.1 Å². The molecule has 2 aromatic carbocycles. The zero-order valence-corrected chi connectivity index (χ0v) is 18.8. The summed E-state index contributed by atoms with van der Waals surface area (Å²) >= 11 is 0. The van der Waals surface area contributed by atoms with Crippen molar-refractivity contribution in [1.82, 2.24) is 14.5 Å². The van der Waals surface area contributed by atoms with Crippen molar-refractivity contribution in [1.29, 1.82) is 0 Å². The molecule has 1 fully saturated rings. The molecule has 162 valence electrons. The number of rotatable bonds is 7. The molecule has 6 nitrogen and oxygen atoms in total. The maximum Gasteiger partial charge on any atom is 0.251 e. The number of sulfonamides is 1. The largest absolute Gasteiger partial charge is 0.344 e. The molecule has 0 aromatic heterocycles. The summed E-state index contributed by atoms with van der Waals surface area (Å²) in [7, 11) is 0.308. The Balaban J connectivity index is 1.86. The van der Waals surface area contributed by atoms with Gasteiger partial charge >= 0.3 is 0 Å². The second-order valence-corrected chi connectivity index (χ2v) is 10.1. The molecule has 1 aliphatic heterocycles. The maximum absolute atomic E-state index is 13.2. The number of piperidine rings is 1. The molecular formula is C23H31N3O3S. The number of nitrogens with one attached hydrogen (secondary N) is 1. The second-order valence-electron chi connectivity index (χ2n) is 8.14. The van der Waals surface area contributed by atoms with Gasteiger partial charge in [-0.3, -0.25) is 4.79 Å². The Morgan fingerprint density at radius 3 is 2.37 bits per heavy atom. The third-order valence-corrected chi connectivity index (χ3v) is 7.48. The number of aryl methyl sites for hydroxylation is 1. The van der Waals surface area contributed by atoms with Crippen molar-refractivity contribution in [3.05, 3.63) is 65.2 Å². The van der Waals surface area contributed by atoms with E-state index in [1.807, 2.05) is 49.3 Å². The standard InChI is InChI=1S/C23H31N3O3S/c1-18-12-13-20(16-22(18)30(28,29)26-14-8-5-9-15-26)23(27)24-21(17-25(2)3)19-10-6-4-7-11-19/h4,6-7,10-13,16,21H,5,8-9,14-15,17H2,1-3H3,(H,24,27)/t21-/m0/s1. The number of likely N-dealkylation sites (N-methyl/N-ethyl adjacent to an activating group) is 1. The summed E-state index contributed by atoms with van der Waals surface area (Å²) in [6.45, 7) is 3.49. The first-order chi connectivity index (χ1) is 14.3. The van der Waals surface area contributed by atoms with E-state index in [1.54, 1.807) is 23.4 Å². The Morgan fingerprint density at radius 2 is 1.73 bits per heavy atom. The van der Waals surface area contributed by atoms with Crippen molar-refractivity contribution in [3.63, 3.8) is 0 Å². The maximum atomic E-state index is 13.2. The Morgan fingerprint density at radius 1 is 1.07 bits per heavy atom. The molecule has 3 rings (SSSR count). The normalized spacial score (nSPS) is 16.4. The van der Waals surface area contributed by atoms with Crippen LogP contribution in [0, 0.1) is 6.92 Å². The quantitative estimate of drug-likeness (QED) is 0.734. The van der Waals surface area contributed by atoms with Crippen molar-refractivity contribution >= 4 is 15.9 Å². The number of carbonyl (C=O) groups is 1. The van der Waals surface area contributed by atoms with Gasteiger partial charge in [-0.25, -0.2) is 8.42 Å². The highest BCUT2D eigenvalue weighted by Crippen LogP contribution is 2.25. The average molecular weight is 430 g/mol. The van der Waals surface area contributed by atoms with Crippen LogP contribution in [0.15, 0.2) is 53.4 Å². The van der Waals surface area contributed by atoms with E-state index in [1.165, 1.54) is 6.07 Å². The van der Waals surface area contributed by atoms with Gasteiger partial charge in [0.05, 0.1) is 10.9 Å². The van der Waals surface area contributed by atoms with Gasteiger partial charge in [-0.05, 0) is 57.1 Å². The molecule has 1 saturated heterocycles. The zero-order valence-electron chi connectivity index (χ0n) is 18.0. The molecule has 0 unspecified atom stereocenters. The fourth-order valence-electron chi connectivity index (χ4n) is 3.79. The molecule has 1 aliphatic rings. The van der Waals surface area contributed by atoms with Crippen LogP contribution in [0.1, 0.15) is 46.8 Å². The average Bonchev–Trinajstić information content (AvgIpc) is 2.74. The number of benzene rings is 2. The Hall–Kier alpha value is -2.22. The highest BCUT2D eigenvalue weighted by molar-refractivity contribution is 7.89. The lowest BCUT2D eigenvalue weighted by atomic mass is 10.1. The fourth-order valence-corrected chi connectivity index (χ4v) is 5.56. The first-order valence-electron chi connectivity index (χ1n) is 10.4. The number of hydrogen-bond donors (Lipinski definition) is 1. The van der Waals surface area contributed by atoms with Crippen molar-refractivity contribution in [2.24, 2.45) is 0 Å². The van der Waals surface area contributed by atoms with E-state index >= 15 is 0 Å². The van der Waals surface area contributed by atoms with Gasteiger partial charge in [0.2, 0.25) is 10.0 Å². The highest BCUT2D eigenvalue weighted by Gasteiger charge is 2.28. The summed E-state index contributed by atoms with van der Waals surface area (Å²) in [4.78, 5) is 15.3. The molecule has 30 heavy (non-hydrogen) atoms. The lowest BCUT2D eigenvalue weighted by Gasteiger charge is -2.27. The summed E-state index contributed by atoms with van der Waals surface area (Å²) in [6, 6.07) is 14.5. The van der Waals surface area contributed by atoms with Gasteiger partial charge in [0.25, 0.3) is 5.91 Å². The van der Waals surface area contributed by atoms with Crippen molar-refractivity contribution in [3.8, 4) is 0 Å². The molecule has 0 radical (unpaired) electrons. The first kappa shape index (κ1) is 22.5. The van der Waals surface area contributed by atoms with E-state index in [4.69, 9.17) is 0 Å². The summed E-state index contributed by atoms with van der Waals surface area (Å²) in [6.07, 6.45) is 2.81. The highest BCUT2D eigenvalue weighted by atomic mass is 32.2. The van der Waals surface area contributed by atoms with Gasteiger partial charge in [-0.1, -0.05) is 42.8 Å². The molecule has 1 atom stereocenters. The van der Waals surface area contributed by atoms with Gasteiger partial charge in [0.1, 0.15) is 0 Å². The Labute approximate surface area is 179 Å². The predicted octanol–water partition coefficient (Wildman–Crippen LogP) is 3.20. The molecule has 0 saturated carbocycles. The topological polar surface area (TPSA) is 69.7 Å². The van der Waals surface area contributed by atoms with Crippen molar-refractivity contribution in [2.75, 3.05) is 33.7 Å². The minimum absolute atomic E-state index is 0.197. The Bertz CT molecular complexity index is 968. The van der Waals surface area contributed by atoms with Gasteiger partial charge in [-0.15, -0.1) is 0 Å². The minimum atomic E-state index is -3.60. The number of hydrogen-bond acceptors (Lipinski definition) is 4. The monoisotopic (exact) mass is 429 g/mol. The number of amides is 1. The van der Waals surface area contributed by atoms with E-state index in [9.17, 15) is 13.2 Å². The van der Waals surface area contributed by atoms with Crippen LogP contribution in [0.4, 0.5) is 0 Å². The first-order valence-corrected chi connectivity index (χ1v) is 11.8. The SMILES string of the molecule is Cc1ccc(C(=O)N[C@@H](CN(C)C)c2ccccc2)cc1S(=O)(=O)N1CCCCC1. The molecule has 1 N–H and O–H groups in total. The van der Waals surface area contributed by atoms with Gasteiger partial charge in [0.15, 0.2) is 0 Å². The van der Waals surface area contributed by atoms with Gasteiger partial charge < -0.3 is 10.2 Å². The van der Waals surface area contributed by atoms with E-state index in [-0.39, 0.29) is 16.8 Å². The summed E-state index contributed by atoms with van der Waals surface area (Å²) in [5.74, 6) is -0.277. The summed E-state index contributed by atoms with van der Waals surface area (Å²) < 4.78 is 27.9. The third-order valence-electron chi connectivity index (χ3n) is 5.44. The molecule has 1 heterocycles. The summed E-state index contributed by atoms with van der Waals surface area (Å²) in [5.41, 5.74) is 2.02. The van der Waals surface area contributed by atoms with Gasteiger partial charge in [-0.2, -0.15) is 4.31 Å². The van der Waals surface area contributed by atoms with Crippen LogP contribution < -0.4 is 5.32 Å². The molecule has 0 spiro atoms. The number of nitrogens with zero attached hydrogens (tertiary/aromatic N) is 2. The molecule has 0 bridgehead atoms. The van der Waals surface area contributed by atoms with E-state index < -0.39 is 10.0 Å². The molecular weight excluding hydrogens is 398 g/mol. The fraction of sp³-hybridized carbons (Fsp3) is 0.435. The van der Waals surface area contributed by atoms with E-state index in [0.717, 1.165) is 24.8 Å². The van der Waals surface area contributed by atoms with Crippen LogP contribution in [0.3, 0.4) is 0 Å². The molecule has 0 aliphatic carbocycles. The lowest BCUT2D eigenvalue weighted by Crippen LogP contribution is -2.37. The molecule has 1 amide bonds. The van der Waals surface area contributed by atoms with Crippen LogP contribution in [-0.2, 0) is 10.0 Å². The molecule has 7 heteroatoms. The summed E-state index contributed by atoms with van der Waals surface area (Å²) in [5, 5.41) is 3.07. The smallest absolute Gasteiger partial charge is 0.251 e. The van der Waals surface area contributed by atoms with Crippen molar-refractivity contribution < 1.29 is 13.2 Å². The zero-order chi connectivity index (χ0) is 21.7.